The summed E-state index contributed by atoms with van der Waals surface area (Å²) in [6, 6.07) is 7.16. The van der Waals surface area contributed by atoms with Gasteiger partial charge in [-0.3, -0.25) is 4.68 Å². The molecular weight excluding hydrogens is 212 g/mol. The lowest BCUT2D eigenvalue weighted by Gasteiger charge is -1.99. The summed E-state index contributed by atoms with van der Waals surface area (Å²) in [7, 11) is 1.77. The molecule has 2 rings (SSSR count). The Balaban J connectivity index is 2.61. The molecule has 5 heteroatoms. The second-order valence-electron chi connectivity index (χ2n) is 3.08. The summed E-state index contributed by atoms with van der Waals surface area (Å²) in [5.41, 5.74) is 1.90. The van der Waals surface area contributed by atoms with E-state index in [2.05, 4.69) is 16.4 Å². The minimum atomic E-state index is 0.542. The average Bonchev–Trinajstić information content (AvgIpc) is 2.65. The molecule has 0 amide bonds. The first-order valence-corrected chi connectivity index (χ1v) is 4.65. The Morgan fingerprint density at radius 3 is 2.87 bits per heavy atom. The van der Waals surface area contributed by atoms with Crippen LogP contribution in [-0.4, -0.2) is 15.0 Å². The first-order chi connectivity index (χ1) is 7.20. The highest BCUT2D eigenvalue weighted by molar-refractivity contribution is 6.30. The number of halogens is 1. The van der Waals surface area contributed by atoms with Gasteiger partial charge in [-0.2, -0.15) is 5.26 Å². The second-order valence-corrected chi connectivity index (χ2v) is 3.52. The van der Waals surface area contributed by atoms with Gasteiger partial charge in [-0.1, -0.05) is 16.8 Å². The maximum Gasteiger partial charge on any atom is 0.114 e. The summed E-state index contributed by atoms with van der Waals surface area (Å²) >= 11 is 5.87. The molecule has 0 N–H and O–H groups in total. The van der Waals surface area contributed by atoms with Crippen molar-refractivity contribution in [1.29, 1.82) is 5.26 Å². The molecule has 1 aromatic heterocycles. The van der Waals surface area contributed by atoms with Crippen molar-refractivity contribution in [2.24, 2.45) is 7.05 Å². The monoisotopic (exact) mass is 218 g/mol. The van der Waals surface area contributed by atoms with Crippen LogP contribution in [0.15, 0.2) is 24.4 Å². The lowest BCUT2D eigenvalue weighted by Crippen LogP contribution is -1.85. The molecule has 0 radical (unpaired) electrons. The summed E-state index contributed by atoms with van der Waals surface area (Å²) in [6.07, 6.45) is 1.74. The van der Waals surface area contributed by atoms with Crippen LogP contribution in [0.1, 0.15) is 5.56 Å². The van der Waals surface area contributed by atoms with Gasteiger partial charge in [0.05, 0.1) is 17.8 Å². The number of rotatable bonds is 1. The fourth-order valence-electron chi connectivity index (χ4n) is 1.30. The normalized spacial score (nSPS) is 9.93. The molecule has 74 valence electrons. The Labute approximate surface area is 91.7 Å². The third-order valence-corrected chi connectivity index (χ3v) is 2.22. The molecule has 0 bridgehead atoms. The first-order valence-electron chi connectivity index (χ1n) is 4.27. The van der Waals surface area contributed by atoms with Crippen LogP contribution in [0.25, 0.3) is 11.3 Å². The summed E-state index contributed by atoms with van der Waals surface area (Å²) in [4.78, 5) is 0. The van der Waals surface area contributed by atoms with Gasteiger partial charge in [0, 0.05) is 17.6 Å². The largest absolute Gasteiger partial charge is 0.255 e. The van der Waals surface area contributed by atoms with Gasteiger partial charge in [0.15, 0.2) is 0 Å². The van der Waals surface area contributed by atoms with E-state index in [1.807, 2.05) is 0 Å². The third-order valence-electron chi connectivity index (χ3n) is 1.98. The number of nitriles is 1. The number of hydrogen-bond donors (Lipinski definition) is 0. The van der Waals surface area contributed by atoms with Crippen molar-refractivity contribution in [2.75, 3.05) is 0 Å². The van der Waals surface area contributed by atoms with Crippen LogP contribution in [0.5, 0.6) is 0 Å². The van der Waals surface area contributed by atoms with Crippen LogP contribution in [0, 0.1) is 11.3 Å². The van der Waals surface area contributed by atoms with Gasteiger partial charge in [-0.15, -0.1) is 5.10 Å². The Bertz CT molecular complexity index is 539. The lowest BCUT2D eigenvalue weighted by atomic mass is 10.1. The Kier molecular flexibility index (Phi) is 2.40. The van der Waals surface area contributed by atoms with Crippen LogP contribution >= 0.6 is 11.6 Å². The minimum absolute atomic E-state index is 0.542. The van der Waals surface area contributed by atoms with Gasteiger partial charge in [0.25, 0.3) is 0 Å². The van der Waals surface area contributed by atoms with Gasteiger partial charge < -0.3 is 0 Å². The van der Waals surface area contributed by atoms with Crippen LogP contribution in [0.4, 0.5) is 0 Å². The molecule has 4 nitrogen and oxygen atoms in total. The molecule has 0 unspecified atom stereocenters. The lowest BCUT2D eigenvalue weighted by molar-refractivity contribution is 0.715. The number of benzene rings is 1. The predicted molar refractivity (Wildman–Crippen MR) is 56.2 cm³/mol. The maximum atomic E-state index is 8.93. The Hall–Kier alpha value is -1.86. The zero-order valence-corrected chi connectivity index (χ0v) is 8.73. The van der Waals surface area contributed by atoms with Crippen LogP contribution in [-0.2, 0) is 7.05 Å². The molecule has 2 aromatic rings. The average molecular weight is 219 g/mol. The SMILES string of the molecule is Cn1cc(-c2cc(Cl)ccc2C#N)nn1. The highest BCUT2D eigenvalue weighted by Crippen LogP contribution is 2.24. The van der Waals surface area contributed by atoms with E-state index < -0.39 is 0 Å². The van der Waals surface area contributed by atoms with Crippen molar-refractivity contribution >= 4 is 11.6 Å². The van der Waals surface area contributed by atoms with Crippen molar-refractivity contribution in [3.63, 3.8) is 0 Å². The maximum absolute atomic E-state index is 8.93. The van der Waals surface area contributed by atoms with E-state index in [0.717, 1.165) is 0 Å². The molecule has 0 atom stereocenters. The standard InChI is InChI=1S/C10H7ClN4/c1-15-6-10(13-14-15)9-4-8(11)3-2-7(9)5-12/h2-4,6H,1H3. The summed E-state index contributed by atoms with van der Waals surface area (Å²) in [6.45, 7) is 0. The van der Waals surface area contributed by atoms with Gasteiger partial charge in [0.1, 0.15) is 5.69 Å². The van der Waals surface area contributed by atoms with E-state index in [0.29, 0.717) is 21.8 Å². The zero-order chi connectivity index (χ0) is 10.8. The highest BCUT2D eigenvalue weighted by atomic mass is 35.5. The summed E-state index contributed by atoms with van der Waals surface area (Å²) < 4.78 is 1.58. The fraction of sp³-hybridized carbons (Fsp3) is 0.100. The smallest absolute Gasteiger partial charge is 0.114 e. The van der Waals surface area contributed by atoms with Crippen molar-refractivity contribution in [1.82, 2.24) is 15.0 Å². The molecule has 1 aromatic carbocycles. The number of nitrogens with zero attached hydrogens (tertiary/aromatic N) is 4. The summed E-state index contributed by atoms with van der Waals surface area (Å²) in [5, 5.41) is 17.3. The Morgan fingerprint density at radius 2 is 2.27 bits per heavy atom. The van der Waals surface area contributed by atoms with Crippen LogP contribution in [0.2, 0.25) is 5.02 Å². The van der Waals surface area contributed by atoms with E-state index in [1.54, 1.807) is 36.1 Å². The first kappa shape index (κ1) is 9.69. The van der Waals surface area contributed by atoms with Crippen molar-refractivity contribution in [3.05, 3.63) is 35.0 Å². The quantitative estimate of drug-likeness (QED) is 0.736. The van der Waals surface area contributed by atoms with Crippen molar-refractivity contribution in [3.8, 4) is 17.3 Å². The predicted octanol–water partition coefficient (Wildman–Crippen LogP) is 2.01. The summed E-state index contributed by atoms with van der Waals surface area (Å²) in [5.74, 6) is 0. The van der Waals surface area contributed by atoms with E-state index in [-0.39, 0.29) is 0 Å². The van der Waals surface area contributed by atoms with E-state index in [1.165, 1.54) is 0 Å². The molecule has 0 saturated heterocycles. The molecule has 15 heavy (non-hydrogen) atoms. The van der Waals surface area contributed by atoms with Crippen LogP contribution < -0.4 is 0 Å². The van der Waals surface area contributed by atoms with E-state index in [9.17, 15) is 0 Å². The third kappa shape index (κ3) is 1.83. The van der Waals surface area contributed by atoms with Gasteiger partial charge in [-0.25, -0.2) is 0 Å². The Morgan fingerprint density at radius 1 is 1.47 bits per heavy atom. The van der Waals surface area contributed by atoms with Gasteiger partial charge in [0.2, 0.25) is 0 Å². The molecule has 0 fully saturated rings. The molecule has 0 aliphatic carbocycles. The minimum Gasteiger partial charge on any atom is -0.255 e. The van der Waals surface area contributed by atoms with E-state index >= 15 is 0 Å². The zero-order valence-electron chi connectivity index (χ0n) is 7.98. The topological polar surface area (TPSA) is 54.5 Å². The molecular formula is C10H7ClN4. The van der Waals surface area contributed by atoms with Gasteiger partial charge in [-0.05, 0) is 18.2 Å². The van der Waals surface area contributed by atoms with E-state index in [4.69, 9.17) is 16.9 Å². The van der Waals surface area contributed by atoms with Gasteiger partial charge >= 0.3 is 0 Å². The van der Waals surface area contributed by atoms with Crippen molar-refractivity contribution < 1.29 is 0 Å². The molecule has 1 heterocycles. The fourth-order valence-corrected chi connectivity index (χ4v) is 1.47. The number of aromatic nitrogens is 3. The van der Waals surface area contributed by atoms with Crippen molar-refractivity contribution in [2.45, 2.75) is 0 Å². The number of aryl methyl sites for hydroxylation is 1. The van der Waals surface area contributed by atoms with Crippen LogP contribution in [0.3, 0.4) is 0 Å². The highest BCUT2D eigenvalue weighted by Gasteiger charge is 2.08. The second kappa shape index (κ2) is 3.71. The molecule has 0 spiro atoms. The molecule has 0 saturated carbocycles. The molecule has 0 aliphatic heterocycles. The number of hydrogen-bond acceptors (Lipinski definition) is 3. The molecule has 0 aliphatic rings.